The second-order valence-corrected chi connectivity index (χ2v) is 10.7. The molecule has 0 unspecified atom stereocenters. The first-order valence-corrected chi connectivity index (χ1v) is 13.5. The van der Waals surface area contributed by atoms with Gasteiger partial charge in [0.25, 0.3) is 0 Å². The van der Waals surface area contributed by atoms with E-state index in [4.69, 9.17) is 18.5 Å². The van der Waals surface area contributed by atoms with Gasteiger partial charge in [0.1, 0.15) is 0 Å². The van der Waals surface area contributed by atoms with Crippen molar-refractivity contribution in [1.82, 2.24) is 19.9 Å². The van der Waals surface area contributed by atoms with Gasteiger partial charge in [-0.15, -0.1) is 0 Å². The molecule has 1 aromatic carbocycles. The van der Waals surface area contributed by atoms with E-state index in [1.54, 1.807) is 36.8 Å². The Balaban J connectivity index is 1.53. The van der Waals surface area contributed by atoms with Crippen LogP contribution in [0.2, 0.25) is 0 Å². The minimum atomic E-state index is -4.19. The number of allylic oxidation sites excluding steroid dienone is 2. The summed E-state index contributed by atoms with van der Waals surface area (Å²) in [5, 5.41) is 6.53. The van der Waals surface area contributed by atoms with E-state index in [1.165, 1.54) is 16.7 Å². The molecule has 38 heavy (non-hydrogen) atoms. The zero-order chi connectivity index (χ0) is 27.0. The minimum Gasteiger partial charge on any atom is -0.434 e. The smallest absolute Gasteiger partial charge is 0.434 e. The molecule has 0 spiro atoms. The number of para-hydroxylation sites is 1. The molecule has 1 aromatic heterocycles. The van der Waals surface area contributed by atoms with Crippen LogP contribution >= 0.6 is 7.75 Å². The Kier molecular flexibility index (Phi) is 9.19. The molecule has 0 amide bonds. The fourth-order valence-electron chi connectivity index (χ4n) is 3.83. The van der Waals surface area contributed by atoms with Gasteiger partial charge in [-0.05, 0) is 44.5 Å². The van der Waals surface area contributed by atoms with Crippen molar-refractivity contribution in [3.8, 4) is 0 Å². The second-order valence-electron chi connectivity index (χ2n) is 8.78. The standard InChI is InChI=1S/C26H31N4O7P/c1-29(2)14-11-22-17-30(24-10-4-3-9-23(22)24)38(33,36-18-34-25(31)20-7-5-12-27-15-20)37-19-35-26(32)21-8-6-13-28-16-21/h3-6,9-10,12-13,15-17,27-28H,7-8,11,14,18-19H2,1-2H3. The van der Waals surface area contributed by atoms with Gasteiger partial charge >= 0.3 is 19.7 Å². The first-order valence-electron chi connectivity index (χ1n) is 12.1. The first-order chi connectivity index (χ1) is 18.4. The van der Waals surface area contributed by atoms with Crippen molar-refractivity contribution in [3.05, 3.63) is 84.1 Å². The normalized spacial score (nSPS) is 15.0. The third-order valence-electron chi connectivity index (χ3n) is 5.82. The molecule has 2 aliphatic heterocycles. The maximum atomic E-state index is 14.1. The van der Waals surface area contributed by atoms with Crippen molar-refractivity contribution < 1.29 is 32.7 Å². The first kappa shape index (κ1) is 27.4. The van der Waals surface area contributed by atoms with Crippen LogP contribution in [0.4, 0.5) is 0 Å². The minimum absolute atomic E-state index is 0.390. The van der Waals surface area contributed by atoms with Crippen LogP contribution in [0.15, 0.2) is 78.6 Å². The van der Waals surface area contributed by atoms with Crippen molar-refractivity contribution in [2.24, 2.45) is 0 Å². The summed E-state index contributed by atoms with van der Waals surface area (Å²) in [6.45, 7) is -0.501. The Morgan fingerprint density at radius 3 is 2.05 bits per heavy atom. The summed E-state index contributed by atoms with van der Waals surface area (Å²) in [6.07, 6.45) is 13.2. The van der Waals surface area contributed by atoms with Gasteiger partial charge in [0.05, 0.1) is 16.7 Å². The van der Waals surface area contributed by atoms with Crippen LogP contribution in [0.25, 0.3) is 10.9 Å². The average molecular weight is 543 g/mol. The number of ether oxygens (including phenoxy) is 2. The lowest BCUT2D eigenvalue weighted by molar-refractivity contribution is -0.147. The molecule has 0 saturated heterocycles. The molecule has 202 valence electrons. The van der Waals surface area contributed by atoms with Crippen LogP contribution in [0.1, 0.15) is 18.4 Å². The second kappa shape index (κ2) is 12.7. The third kappa shape index (κ3) is 6.81. The summed E-state index contributed by atoms with van der Waals surface area (Å²) in [4.78, 5) is 26.8. The zero-order valence-electron chi connectivity index (χ0n) is 21.3. The number of dihydropyridines is 2. The molecule has 11 nitrogen and oxygen atoms in total. The molecular weight excluding hydrogens is 511 g/mol. The molecule has 0 aliphatic carbocycles. The van der Waals surface area contributed by atoms with Gasteiger partial charge in [0, 0.05) is 43.4 Å². The molecule has 0 bridgehead atoms. The molecule has 12 heteroatoms. The Morgan fingerprint density at radius 2 is 1.53 bits per heavy atom. The van der Waals surface area contributed by atoms with E-state index in [9.17, 15) is 14.2 Å². The molecule has 0 atom stereocenters. The predicted molar refractivity (Wildman–Crippen MR) is 141 cm³/mol. The van der Waals surface area contributed by atoms with Gasteiger partial charge in [0.2, 0.25) is 13.6 Å². The molecule has 2 N–H and O–H groups in total. The van der Waals surface area contributed by atoms with Crippen molar-refractivity contribution in [3.63, 3.8) is 0 Å². The SMILES string of the molecule is CN(C)CCc1cn(P(=O)(OCOC(=O)C2=CNC=CC2)OCOC(=O)C2=CNC=CC2)c2ccccc12. The topological polar surface area (TPSA) is 120 Å². The molecular formula is C26H31N4O7P. The molecule has 0 fully saturated rings. The number of rotatable bonds is 12. The average Bonchev–Trinajstić information content (AvgIpc) is 3.32. The number of aromatic nitrogens is 1. The van der Waals surface area contributed by atoms with Crippen LogP contribution in [-0.4, -0.2) is 55.4 Å². The number of hydrogen-bond acceptors (Lipinski definition) is 10. The lowest BCUT2D eigenvalue weighted by atomic mass is 10.1. The van der Waals surface area contributed by atoms with Crippen molar-refractivity contribution >= 4 is 30.6 Å². The molecule has 4 rings (SSSR count). The van der Waals surface area contributed by atoms with E-state index >= 15 is 0 Å². The largest absolute Gasteiger partial charge is 0.445 e. The number of nitrogens with one attached hydrogen (secondary N) is 2. The van der Waals surface area contributed by atoms with Gasteiger partial charge in [-0.3, -0.25) is 13.4 Å². The Bertz CT molecular complexity index is 1290. The Hall–Kier alpha value is -3.63. The fourth-order valence-corrected chi connectivity index (χ4v) is 5.24. The van der Waals surface area contributed by atoms with E-state index in [1.807, 2.05) is 37.2 Å². The zero-order valence-corrected chi connectivity index (χ0v) is 22.2. The van der Waals surface area contributed by atoms with Crippen molar-refractivity contribution in [1.29, 1.82) is 0 Å². The number of hydrogen-bond donors (Lipinski definition) is 2. The van der Waals surface area contributed by atoms with E-state index < -0.39 is 33.3 Å². The summed E-state index contributed by atoms with van der Waals surface area (Å²) in [6, 6.07) is 7.42. The lowest BCUT2D eigenvalue weighted by Gasteiger charge is -2.20. The Morgan fingerprint density at radius 1 is 0.947 bits per heavy atom. The van der Waals surface area contributed by atoms with Crippen molar-refractivity contribution in [2.45, 2.75) is 19.3 Å². The maximum absolute atomic E-state index is 14.1. The number of benzene rings is 1. The highest BCUT2D eigenvalue weighted by Gasteiger charge is 2.32. The van der Waals surface area contributed by atoms with Crippen LogP contribution in [-0.2, 0) is 39.1 Å². The quantitative estimate of drug-likeness (QED) is 0.234. The molecule has 0 saturated carbocycles. The van der Waals surface area contributed by atoms with E-state index in [0.717, 1.165) is 17.5 Å². The number of likely N-dealkylation sites (N-methyl/N-ethyl adjacent to an activating group) is 1. The number of nitrogens with zero attached hydrogens (tertiary/aromatic N) is 2. The molecule has 2 aromatic rings. The van der Waals surface area contributed by atoms with E-state index in [-0.39, 0.29) is 0 Å². The number of fused-ring (bicyclic) bond motifs is 1. The predicted octanol–water partition coefficient (Wildman–Crippen LogP) is 3.52. The Labute approximate surface area is 220 Å². The van der Waals surface area contributed by atoms with Gasteiger partial charge < -0.3 is 25.0 Å². The maximum Gasteiger partial charge on any atom is 0.445 e. The van der Waals surface area contributed by atoms with Crippen LogP contribution in [0, 0.1) is 0 Å². The van der Waals surface area contributed by atoms with E-state index in [0.29, 0.717) is 35.9 Å². The monoisotopic (exact) mass is 542 g/mol. The van der Waals surface area contributed by atoms with Gasteiger partial charge in [0.15, 0.2) is 0 Å². The molecule has 3 heterocycles. The summed E-state index contributed by atoms with van der Waals surface area (Å²) in [5.41, 5.74) is 2.32. The van der Waals surface area contributed by atoms with Gasteiger partial charge in [-0.1, -0.05) is 30.4 Å². The number of carbonyl (C=O) groups excluding carboxylic acids is 2. The number of carbonyl (C=O) groups is 2. The third-order valence-corrected chi connectivity index (χ3v) is 7.54. The van der Waals surface area contributed by atoms with Crippen molar-refractivity contribution in [2.75, 3.05) is 34.2 Å². The van der Waals surface area contributed by atoms with Crippen LogP contribution < -0.4 is 10.6 Å². The highest BCUT2D eigenvalue weighted by atomic mass is 31.2. The van der Waals surface area contributed by atoms with Crippen LogP contribution in [0.5, 0.6) is 0 Å². The lowest BCUT2D eigenvalue weighted by Crippen LogP contribution is -2.17. The number of esters is 2. The van der Waals surface area contributed by atoms with E-state index in [2.05, 4.69) is 10.6 Å². The fraction of sp³-hybridized carbons (Fsp3) is 0.308. The summed E-state index contributed by atoms with van der Waals surface area (Å²) >= 11 is 0. The van der Waals surface area contributed by atoms with Crippen LogP contribution in [0.3, 0.4) is 0 Å². The van der Waals surface area contributed by atoms with Gasteiger partial charge in [-0.2, -0.15) is 0 Å². The molecule has 2 aliphatic rings. The highest BCUT2D eigenvalue weighted by molar-refractivity contribution is 7.52. The van der Waals surface area contributed by atoms with Gasteiger partial charge in [-0.25, -0.2) is 14.2 Å². The summed E-state index contributed by atoms with van der Waals surface area (Å²) < 4.78 is 37.2. The molecule has 0 radical (unpaired) electrons. The highest BCUT2D eigenvalue weighted by Crippen LogP contribution is 2.52. The summed E-state index contributed by atoms with van der Waals surface area (Å²) in [7, 11) is -0.243. The summed E-state index contributed by atoms with van der Waals surface area (Å²) in [5.74, 6) is -1.23.